The Hall–Kier alpha value is -0.420. The van der Waals surface area contributed by atoms with E-state index in [2.05, 4.69) is 44.8 Å². The summed E-state index contributed by atoms with van der Waals surface area (Å²) >= 11 is 0. The first-order valence-corrected chi connectivity index (χ1v) is 8.60. The van der Waals surface area contributed by atoms with Gasteiger partial charge in [-0.15, -0.1) is 7.92 Å². The Morgan fingerprint density at radius 3 is 2.18 bits per heavy atom. The Morgan fingerprint density at radius 1 is 1.06 bits per heavy atom. The van der Waals surface area contributed by atoms with Gasteiger partial charge in [0.1, 0.15) is 0 Å². The van der Waals surface area contributed by atoms with Crippen molar-refractivity contribution in [2.45, 2.75) is 34.1 Å². The largest absolute Gasteiger partial charge is 0.261 e. The molecule has 0 atom stereocenters. The molecule has 0 fully saturated rings. The molecule has 1 nitrogen and oxygen atoms in total. The Bertz CT molecular complexity index is 285. The summed E-state index contributed by atoms with van der Waals surface area (Å²) in [5.74, 6) is 1.67. The zero-order valence-electron chi connectivity index (χ0n) is 11.7. The van der Waals surface area contributed by atoms with Crippen LogP contribution >= 0.6 is 7.92 Å². The Balaban J connectivity index is 2.43. The molecule has 0 bridgehead atoms. The van der Waals surface area contributed by atoms with Crippen molar-refractivity contribution in [2.24, 2.45) is 11.8 Å². The van der Waals surface area contributed by atoms with E-state index in [0.29, 0.717) is 0 Å². The van der Waals surface area contributed by atoms with Gasteiger partial charge in [-0.2, -0.15) is 0 Å². The molecule has 1 rings (SSSR count). The minimum absolute atomic E-state index is 0.197. The number of aryl methyl sites for hydroxylation is 1. The average molecular weight is 251 g/mol. The van der Waals surface area contributed by atoms with Crippen molar-refractivity contribution in [3.05, 3.63) is 30.1 Å². The van der Waals surface area contributed by atoms with E-state index in [1.807, 2.05) is 12.3 Å². The number of aromatic nitrogens is 1. The number of hydrogen-bond donors (Lipinski definition) is 0. The summed E-state index contributed by atoms with van der Waals surface area (Å²) in [6, 6.07) is 6.24. The first kappa shape index (κ1) is 14.6. The van der Waals surface area contributed by atoms with E-state index in [0.717, 1.165) is 18.3 Å². The van der Waals surface area contributed by atoms with Crippen LogP contribution in [0.4, 0.5) is 0 Å². The molecular weight excluding hydrogens is 225 g/mol. The summed E-state index contributed by atoms with van der Waals surface area (Å²) in [4.78, 5) is 4.42. The molecule has 0 radical (unpaired) electrons. The minimum atomic E-state index is 0.197. The molecule has 0 N–H and O–H groups in total. The zero-order chi connectivity index (χ0) is 12.7. The summed E-state index contributed by atoms with van der Waals surface area (Å²) in [7, 11) is 0.197. The smallest absolute Gasteiger partial charge is 0.0407 e. The van der Waals surface area contributed by atoms with Gasteiger partial charge in [0, 0.05) is 11.9 Å². The van der Waals surface area contributed by atoms with Crippen LogP contribution in [-0.4, -0.2) is 23.5 Å². The van der Waals surface area contributed by atoms with Gasteiger partial charge in [0.15, 0.2) is 0 Å². The van der Waals surface area contributed by atoms with Crippen LogP contribution in [0.25, 0.3) is 0 Å². The number of nitrogens with zero attached hydrogens (tertiary/aromatic N) is 1. The number of pyridine rings is 1. The molecular formula is C15H26NP. The van der Waals surface area contributed by atoms with Crippen molar-refractivity contribution < 1.29 is 0 Å². The molecule has 0 aliphatic rings. The van der Waals surface area contributed by atoms with Crippen LogP contribution in [0.1, 0.15) is 33.4 Å². The standard InChI is InChI=1S/C15H26NP/c1-13(2)11-17(12-14(3)4)10-8-15-7-5-6-9-16-15/h5-7,9,13-14H,8,10-12H2,1-4H3. The van der Waals surface area contributed by atoms with Crippen LogP contribution in [0.15, 0.2) is 24.4 Å². The third-order valence-corrected chi connectivity index (χ3v) is 6.01. The van der Waals surface area contributed by atoms with Crippen LogP contribution in [0.3, 0.4) is 0 Å². The Labute approximate surface area is 108 Å². The van der Waals surface area contributed by atoms with Gasteiger partial charge < -0.3 is 0 Å². The fraction of sp³-hybridized carbons (Fsp3) is 0.667. The fourth-order valence-electron chi connectivity index (χ4n) is 2.11. The van der Waals surface area contributed by atoms with Gasteiger partial charge in [0.25, 0.3) is 0 Å². The van der Waals surface area contributed by atoms with Crippen molar-refractivity contribution in [1.29, 1.82) is 0 Å². The SMILES string of the molecule is CC(C)CP(CCc1ccccn1)CC(C)C. The van der Waals surface area contributed by atoms with Crippen molar-refractivity contribution >= 4 is 7.92 Å². The zero-order valence-corrected chi connectivity index (χ0v) is 12.6. The topological polar surface area (TPSA) is 12.9 Å². The van der Waals surface area contributed by atoms with E-state index < -0.39 is 0 Å². The van der Waals surface area contributed by atoms with Crippen LogP contribution in [0.5, 0.6) is 0 Å². The second-order valence-electron chi connectivity index (χ2n) is 5.62. The third-order valence-electron chi connectivity index (χ3n) is 2.66. The molecule has 0 aliphatic carbocycles. The monoisotopic (exact) mass is 251 g/mol. The van der Waals surface area contributed by atoms with Crippen molar-refractivity contribution in [2.75, 3.05) is 18.5 Å². The maximum absolute atomic E-state index is 4.42. The summed E-state index contributed by atoms with van der Waals surface area (Å²) in [6.45, 7) is 9.37. The highest BCUT2D eigenvalue weighted by molar-refractivity contribution is 7.57. The highest BCUT2D eigenvalue weighted by Crippen LogP contribution is 2.40. The molecule has 0 aromatic carbocycles. The van der Waals surface area contributed by atoms with Gasteiger partial charge in [-0.25, -0.2) is 0 Å². The molecule has 0 amide bonds. The lowest BCUT2D eigenvalue weighted by molar-refractivity contribution is 0.716. The van der Waals surface area contributed by atoms with Crippen LogP contribution in [0, 0.1) is 11.8 Å². The molecule has 0 saturated carbocycles. The van der Waals surface area contributed by atoms with Crippen LogP contribution in [0.2, 0.25) is 0 Å². The predicted molar refractivity (Wildman–Crippen MR) is 79.1 cm³/mol. The highest BCUT2D eigenvalue weighted by Gasteiger charge is 2.12. The molecule has 0 spiro atoms. The van der Waals surface area contributed by atoms with E-state index in [1.165, 1.54) is 24.2 Å². The van der Waals surface area contributed by atoms with Crippen molar-refractivity contribution in [3.8, 4) is 0 Å². The lowest BCUT2D eigenvalue weighted by Gasteiger charge is -2.21. The van der Waals surface area contributed by atoms with E-state index >= 15 is 0 Å². The normalized spacial score (nSPS) is 11.7. The summed E-state index contributed by atoms with van der Waals surface area (Å²) in [5.41, 5.74) is 1.26. The van der Waals surface area contributed by atoms with Gasteiger partial charge in [-0.1, -0.05) is 33.8 Å². The minimum Gasteiger partial charge on any atom is -0.261 e. The van der Waals surface area contributed by atoms with Gasteiger partial charge in [-0.05, 0) is 48.9 Å². The molecule has 17 heavy (non-hydrogen) atoms. The average Bonchev–Trinajstić information content (AvgIpc) is 2.26. The second kappa shape index (κ2) is 7.82. The molecule has 0 saturated heterocycles. The Morgan fingerprint density at radius 2 is 1.71 bits per heavy atom. The second-order valence-corrected chi connectivity index (χ2v) is 8.14. The van der Waals surface area contributed by atoms with Gasteiger partial charge in [-0.3, -0.25) is 4.98 Å². The van der Waals surface area contributed by atoms with E-state index in [4.69, 9.17) is 0 Å². The van der Waals surface area contributed by atoms with Crippen molar-refractivity contribution in [3.63, 3.8) is 0 Å². The quantitative estimate of drug-likeness (QED) is 0.654. The van der Waals surface area contributed by atoms with Crippen LogP contribution in [-0.2, 0) is 6.42 Å². The van der Waals surface area contributed by atoms with Gasteiger partial charge in [0.05, 0.1) is 0 Å². The summed E-state index contributed by atoms with van der Waals surface area (Å²) in [6.07, 6.45) is 7.25. The van der Waals surface area contributed by atoms with Gasteiger partial charge >= 0.3 is 0 Å². The summed E-state index contributed by atoms with van der Waals surface area (Å²) in [5, 5.41) is 0. The molecule has 1 aromatic rings. The molecule has 0 unspecified atom stereocenters. The van der Waals surface area contributed by atoms with E-state index in [-0.39, 0.29) is 7.92 Å². The number of hydrogen-bond acceptors (Lipinski definition) is 1. The lowest BCUT2D eigenvalue weighted by Crippen LogP contribution is -2.07. The molecule has 2 heteroatoms. The maximum atomic E-state index is 4.42. The van der Waals surface area contributed by atoms with Gasteiger partial charge in [0.2, 0.25) is 0 Å². The first-order valence-electron chi connectivity index (χ1n) is 6.70. The fourth-order valence-corrected chi connectivity index (χ4v) is 5.23. The van der Waals surface area contributed by atoms with E-state index in [1.54, 1.807) is 0 Å². The number of rotatable bonds is 7. The molecule has 1 aromatic heterocycles. The first-order chi connectivity index (χ1) is 8.08. The summed E-state index contributed by atoms with van der Waals surface area (Å²) < 4.78 is 0. The molecule has 0 aliphatic heterocycles. The lowest BCUT2D eigenvalue weighted by atomic mass is 10.3. The predicted octanol–water partition coefficient (Wildman–Crippen LogP) is 4.42. The maximum Gasteiger partial charge on any atom is 0.0407 e. The van der Waals surface area contributed by atoms with Crippen LogP contribution < -0.4 is 0 Å². The van der Waals surface area contributed by atoms with E-state index in [9.17, 15) is 0 Å². The van der Waals surface area contributed by atoms with Crippen molar-refractivity contribution in [1.82, 2.24) is 4.98 Å². The highest BCUT2D eigenvalue weighted by atomic mass is 31.1. The third kappa shape index (κ3) is 6.78. The molecule has 96 valence electrons. The Kier molecular flexibility index (Phi) is 6.73. The molecule has 1 heterocycles.